The largest absolute Gasteiger partial charge is 0.497 e. The molecule has 182 valence electrons. The van der Waals surface area contributed by atoms with Gasteiger partial charge in [-0.15, -0.1) is 11.3 Å². The van der Waals surface area contributed by atoms with Crippen molar-refractivity contribution in [1.82, 2.24) is 24.5 Å². The summed E-state index contributed by atoms with van der Waals surface area (Å²) in [5, 5.41) is 9.30. The summed E-state index contributed by atoms with van der Waals surface area (Å²) in [5.41, 5.74) is 5.32. The number of ether oxygens (including phenoxy) is 1. The van der Waals surface area contributed by atoms with Gasteiger partial charge >= 0.3 is 0 Å². The van der Waals surface area contributed by atoms with Crippen LogP contribution >= 0.6 is 11.3 Å². The Hall–Kier alpha value is -4.24. The zero-order chi connectivity index (χ0) is 25.1. The molecule has 0 aliphatic carbocycles. The average molecular weight is 500 g/mol. The van der Waals surface area contributed by atoms with Crippen molar-refractivity contribution in [1.29, 1.82) is 0 Å². The van der Waals surface area contributed by atoms with Crippen molar-refractivity contribution in [2.24, 2.45) is 0 Å². The number of imidazole rings is 1. The highest BCUT2D eigenvalue weighted by atomic mass is 32.1. The molecule has 1 N–H and O–H groups in total. The molecular weight excluding hydrogens is 474 g/mol. The van der Waals surface area contributed by atoms with E-state index in [0.29, 0.717) is 12.2 Å². The standard InChI is InChI=1S/C27H25N5O3S/c1-18-3-5-20(6-4-18)24-16-31-21(17-36-27(31)29-24)15-25(33)28-13-14-32-26(34)12-11-23(30-32)19-7-9-22(35-2)10-8-19/h3-12,16-17H,13-15H2,1-2H3,(H,28,33). The third-order valence-corrected chi connectivity index (χ3v) is 6.76. The van der Waals surface area contributed by atoms with Crippen molar-refractivity contribution in [2.75, 3.05) is 13.7 Å². The first-order valence-electron chi connectivity index (χ1n) is 11.5. The fourth-order valence-corrected chi connectivity index (χ4v) is 4.75. The number of carbonyl (C=O) groups is 1. The molecule has 36 heavy (non-hydrogen) atoms. The molecule has 1 amide bonds. The van der Waals surface area contributed by atoms with Gasteiger partial charge in [-0.25, -0.2) is 9.67 Å². The van der Waals surface area contributed by atoms with Crippen LogP contribution in [0.25, 0.3) is 27.5 Å². The van der Waals surface area contributed by atoms with Gasteiger partial charge in [0.25, 0.3) is 5.56 Å². The molecule has 9 heteroatoms. The topological polar surface area (TPSA) is 90.5 Å². The van der Waals surface area contributed by atoms with E-state index in [4.69, 9.17) is 9.72 Å². The molecule has 0 unspecified atom stereocenters. The predicted molar refractivity (Wildman–Crippen MR) is 140 cm³/mol. The van der Waals surface area contributed by atoms with Crippen molar-refractivity contribution in [3.05, 3.63) is 93.9 Å². The predicted octanol–water partition coefficient (Wildman–Crippen LogP) is 3.96. The average Bonchev–Trinajstić information content (AvgIpc) is 3.48. The van der Waals surface area contributed by atoms with E-state index in [1.165, 1.54) is 27.6 Å². The first-order valence-corrected chi connectivity index (χ1v) is 12.4. The number of benzene rings is 2. The van der Waals surface area contributed by atoms with E-state index in [-0.39, 0.29) is 24.4 Å². The number of amides is 1. The van der Waals surface area contributed by atoms with E-state index in [1.54, 1.807) is 13.2 Å². The SMILES string of the molecule is COc1ccc(-c2ccc(=O)n(CCNC(=O)Cc3csc4nc(-c5ccc(C)cc5)cn34)n2)cc1. The molecule has 0 radical (unpaired) electrons. The minimum Gasteiger partial charge on any atom is -0.497 e. The quantitative estimate of drug-likeness (QED) is 0.349. The van der Waals surface area contributed by atoms with Gasteiger partial charge in [0.15, 0.2) is 4.96 Å². The molecule has 2 aromatic carbocycles. The molecule has 3 aromatic heterocycles. The molecule has 3 heterocycles. The number of nitrogens with zero attached hydrogens (tertiary/aromatic N) is 4. The van der Waals surface area contributed by atoms with Crippen LogP contribution < -0.4 is 15.6 Å². The smallest absolute Gasteiger partial charge is 0.266 e. The van der Waals surface area contributed by atoms with Crippen LogP contribution in [0.15, 0.2) is 77.0 Å². The number of carbonyl (C=O) groups excluding carboxylic acids is 1. The third kappa shape index (κ3) is 5.06. The second-order valence-corrected chi connectivity index (χ2v) is 9.24. The summed E-state index contributed by atoms with van der Waals surface area (Å²) in [7, 11) is 1.61. The Morgan fingerprint density at radius 3 is 2.47 bits per heavy atom. The number of thiazole rings is 1. The zero-order valence-electron chi connectivity index (χ0n) is 20.0. The molecule has 0 spiro atoms. The molecule has 5 rings (SSSR count). The van der Waals surface area contributed by atoms with Gasteiger partial charge in [-0.1, -0.05) is 29.8 Å². The lowest BCUT2D eigenvalue weighted by Gasteiger charge is -2.09. The fraction of sp³-hybridized carbons (Fsp3) is 0.185. The van der Waals surface area contributed by atoms with Crippen LogP contribution in [0.3, 0.4) is 0 Å². The van der Waals surface area contributed by atoms with Crippen LogP contribution in [0.5, 0.6) is 5.75 Å². The van der Waals surface area contributed by atoms with Crippen LogP contribution in [-0.4, -0.2) is 38.7 Å². The van der Waals surface area contributed by atoms with Gasteiger partial charge in [0.1, 0.15) is 5.75 Å². The summed E-state index contributed by atoms with van der Waals surface area (Å²) in [4.78, 5) is 30.4. The Bertz CT molecular complexity index is 1570. The van der Waals surface area contributed by atoms with Gasteiger partial charge in [-0.3, -0.25) is 14.0 Å². The van der Waals surface area contributed by atoms with E-state index < -0.39 is 0 Å². The Labute approximate surface area is 211 Å². The van der Waals surface area contributed by atoms with Gasteiger partial charge in [0.2, 0.25) is 5.91 Å². The van der Waals surface area contributed by atoms with Gasteiger partial charge in [-0.05, 0) is 37.3 Å². The normalized spacial score (nSPS) is 11.1. The molecule has 8 nitrogen and oxygen atoms in total. The molecular formula is C27H25N5O3S. The highest BCUT2D eigenvalue weighted by Crippen LogP contribution is 2.24. The molecule has 5 aromatic rings. The third-order valence-electron chi connectivity index (χ3n) is 5.87. The Balaban J connectivity index is 1.21. The molecule has 0 atom stereocenters. The van der Waals surface area contributed by atoms with Crippen molar-refractivity contribution in [2.45, 2.75) is 19.9 Å². The number of aromatic nitrogens is 4. The van der Waals surface area contributed by atoms with Crippen LogP contribution in [0.1, 0.15) is 11.3 Å². The van der Waals surface area contributed by atoms with E-state index in [0.717, 1.165) is 33.2 Å². The number of hydrogen-bond donors (Lipinski definition) is 1. The molecule has 0 aliphatic rings. The van der Waals surface area contributed by atoms with E-state index >= 15 is 0 Å². The van der Waals surface area contributed by atoms with Crippen LogP contribution in [0, 0.1) is 6.92 Å². The molecule has 0 saturated heterocycles. The van der Waals surface area contributed by atoms with Crippen LogP contribution in [0.2, 0.25) is 0 Å². The van der Waals surface area contributed by atoms with Crippen molar-refractivity contribution < 1.29 is 9.53 Å². The van der Waals surface area contributed by atoms with E-state index in [1.807, 2.05) is 52.4 Å². The maximum atomic E-state index is 12.6. The number of rotatable bonds is 8. The van der Waals surface area contributed by atoms with Crippen molar-refractivity contribution in [3.63, 3.8) is 0 Å². The van der Waals surface area contributed by atoms with Crippen LogP contribution in [-0.2, 0) is 17.8 Å². The highest BCUT2D eigenvalue weighted by molar-refractivity contribution is 7.15. The monoisotopic (exact) mass is 499 g/mol. The Kier molecular flexibility index (Phi) is 6.64. The van der Waals surface area contributed by atoms with Crippen molar-refractivity contribution in [3.8, 4) is 28.3 Å². The Morgan fingerprint density at radius 2 is 1.72 bits per heavy atom. The summed E-state index contributed by atoms with van der Waals surface area (Å²) in [6, 6.07) is 18.9. The number of nitrogens with one attached hydrogen (secondary N) is 1. The van der Waals surface area contributed by atoms with E-state index in [2.05, 4.69) is 29.5 Å². The second-order valence-electron chi connectivity index (χ2n) is 8.41. The molecule has 0 aliphatic heterocycles. The van der Waals surface area contributed by atoms with Gasteiger partial charge in [0, 0.05) is 41.0 Å². The summed E-state index contributed by atoms with van der Waals surface area (Å²) in [6.45, 7) is 2.62. The maximum absolute atomic E-state index is 12.6. The minimum absolute atomic E-state index is 0.125. The van der Waals surface area contributed by atoms with E-state index in [9.17, 15) is 9.59 Å². The lowest BCUT2D eigenvalue weighted by atomic mass is 10.1. The van der Waals surface area contributed by atoms with Gasteiger partial charge in [0.05, 0.1) is 31.5 Å². The summed E-state index contributed by atoms with van der Waals surface area (Å²) in [5.74, 6) is 0.624. The molecule has 0 fully saturated rings. The summed E-state index contributed by atoms with van der Waals surface area (Å²) < 4.78 is 8.52. The number of aryl methyl sites for hydroxylation is 1. The number of methoxy groups -OCH3 is 1. The number of fused-ring (bicyclic) bond motifs is 1. The van der Waals surface area contributed by atoms with Crippen molar-refractivity contribution >= 4 is 22.2 Å². The van der Waals surface area contributed by atoms with Gasteiger partial charge < -0.3 is 10.1 Å². The summed E-state index contributed by atoms with van der Waals surface area (Å²) in [6.07, 6.45) is 2.19. The number of hydrogen-bond acceptors (Lipinski definition) is 6. The Morgan fingerprint density at radius 1 is 1.00 bits per heavy atom. The highest BCUT2D eigenvalue weighted by Gasteiger charge is 2.13. The van der Waals surface area contributed by atoms with Gasteiger partial charge in [-0.2, -0.15) is 5.10 Å². The molecule has 0 bridgehead atoms. The minimum atomic E-state index is -0.219. The lowest BCUT2D eigenvalue weighted by molar-refractivity contribution is -0.120. The first-order chi connectivity index (χ1) is 17.5. The lowest BCUT2D eigenvalue weighted by Crippen LogP contribution is -2.32. The maximum Gasteiger partial charge on any atom is 0.266 e. The zero-order valence-corrected chi connectivity index (χ0v) is 20.8. The first kappa shape index (κ1) is 23.5. The van der Waals surface area contributed by atoms with Crippen LogP contribution in [0.4, 0.5) is 0 Å². The molecule has 0 saturated carbocycles. The summed E-state index contributed by atoms with van der Waals surface area (Å²) >= 11 is 1.51. The second kappa shape index (κ2) is 10.2. The fourth-order valence-electron chi connectivity index (χ4n) is 3.87.